The number of aliphatic hydroxyl groups is 1. The number of aliphatic carboxylic acids is 1. The predicted octanol–water partition coefficient (Wildman–Crippen LogP) is -2.97. The Bertz CT molecular complexity index is 523. The summed E-state index contributed by atoms with van der Waals surface area (Å²) < 4.78 is 0. The van der Waals surface area contributed by atoms with Crippen molar-refractivity contribution in [1.82, 2.24) is 21.3 Å². The summed E-state index contributed by atoms with van der Waals surface area (Å²) in [5.41, 5.74) is 5.42. The molecular weight excluding hydrogens is 358 g/mol. The topological polar surface area (TPSA) is 183 Å². The molecule has 1 rings (SSSR count). The molecule has 1 heterocycles. The van der Waals surface area contributed by atoms with Crippen molar-refractivity contribution in [2.75, 3.05) is 26.2 Å². The number of hydrogen-bond acceptors (Lipinski definition) is 7. The van der Waals surface area contributed by atoms with Gasteiger partial charge in [-0.05, 0) is 45.2 Å². The molecule has 3 atom stereocenters. The molecule has 0 aromatic heterocycles. The van der Waals surface area contributed by atoms with Crippen LogP contribution in [0.5, 0.6) is 0 Å². The van der Waals surface area contributed by atoms with E-state index in [1.54, 1.807) is 0 Å². The molecule has 1 saturated heterocycles. The number of unbranched alkanes of at least 4 members (excludes halogenated alkanes) is 1. The molecule has 3 unspecified atom stereocenters. The van der Waals surface area contributed by atoms with Crippen molar-refractivity contribution in [3.05, 3.63) is 0 Å². The molecule has 0 aromatic rings. The van der Waals surface area contributed by atoms with E-state index in [0.717, 1.165) is 6.42 Å². The van der Waals surface area contributed by atoms with E-state index in [1.807, 2.05) is 0 Å². The number of carboxylic acid groups (broad SMARTS) is 1. The standard InChI is InChI=1S/C16H29N5O6/c17-6-2-1-4-11(14(25)19-8-13(23)24)20-16(27)12(9-22)21-15(26)10-5-3-7-18-10/h10-12,18,22H,1-9,17H2,(H,19,25)(H,20,27)(H,21,26)(H,23,24). The minimum Gasteiger partial charge on any atom is -0.480 e. The van der Waals surface area contributed by atoms with Crippen LogP contribution in [0.25, 0.3) is 0 Å². The fourth-order valence-electron chi connectivity index (χ4n) is 2.69. The first kappa shape index (κ1) is 22.8. The first-order valence-electron chi connectivity index (χ1n) is 9.03. The maximum Gasteiger partial charge on any atom is 0.322 e. The van der Waals surface area contributed by atoms with Crippen LogP contribution in [0.15, 0.2) is 0 Å². The number of amides is 3. The number of nitrogens with one attached hydrogen (secondary N) is 4. The van der Waals surface area contributed by atoms with Gasteiger partial charge in [-0.25, -0.2) is 0 Å². The fourth-order valence-corrected chi connectivity index (χ4v) is 2.69. The zero-order chi connectivity index (χ0) is 20.2. The van der Waals surface area contributed by atoms with E-state index in [9.17, 15) is 24.3 Å². The van der Waals surface area contributed by atoms with E-state index in [2.05, 4.69) is 21.3 Å². The van der Waals surface area contributed by atoms with Gasteiger partial charge in [-0.1, -0.05) is 0 Å². The minimum atomic E-state index is -1.21. The molecule has 27 heavy (non-hydrogen) atoms. The second-order valence-electron chi connectivity index (χ2n) is 6.35. The summed E-state index contributed by atoms with van der Waals surface area (Å²) in [6, 6.07) is -2.60. The van der Waals surface area contributed by atoms with E-state index >= 15 is 0 Å². The van der Waals surface area contributed by atoms with Gasteiger partial charge in [0.2, 0.25) is 17.7 Å². The first-order chi connectivity index (χ1) is 12.9. The predicted molar refractivity (Wildman–Crippen MR) is 95.5 cm³/mol. The highest BCUT2D eigenvalue weighted by atomic mass is 16.4. The molecule has 8 N–H and O–H groups in total. The van der Waals surface area contributed by atoms with Crippen molar-refractivity contribution >= 4 is 23.7 Å². The van der Waals surface area contributed by atoms with Crippen LogP contribution in [0.3, 0.4) is 0 Å². The van der Waals surface area contributed by atoms with Crippen LogP contribution < -0.4 is 27.0 Å². The molecule has 0 aromatic carbocycles. The zero-order valence-electron chi connectivity index (χ0n) is 15.2. The average Bonchev–Trinajstić information content (AvgIpc) is 3.17. The van der Waals surface area contributed by atoms with Crippen molar-refractivity contribution in [2.24, 2.45) is 5.73 Å². The molecule has 0 aliphatic carbocycles. The van der Waals surface area contributed by atoms with Crippen molar-refractivity contribution in [1.29, 1.82) is 0 Å². The maximum atomic E-state index is 12.4. The Morgan fingerprint density at radius 2 is 1.85 bits per heavy atom. The van der Waals surface area contributed by atoms with Crippen LogP contribution >= 0.6 is 0 Å². The van der Waals surface area contributed by atoms with Crippen LogP contribution in [0.4, 0.5) is 0 Å². The summed E-state index contributed by atoms with van der Waals surface area (Å²) in [7, 11) is 0. The van der Waals surface area contributed by atoms with Gasteiger partial charge in [-0.3, -0.25) is 19.2 Å². The van der Waals surface area contributed by atoms with Gasteiger partial charge in [0.05, 0.1) is 12.6 Å². The van der Waals surface area contributed by atoms with Crippen molar-refractivity contribution in [3.8, 4) is 0 Å². The lowest BCUT2D eigenvalue weighted by molar-refractivity contribution is -0.138. The van der Waals surface area contributed by atoms with Crippen molar-refractivity contribution < 1.29 is 29.4 Å². The molecule has 0 radical (unpaired) electrons. The number of carbonyl (C=O) groups excluding carboxylic acids is 3. The Balaban J connectivity index is 2.65. The molecule has 1 fully saturated rings. The van der Waals surface area contributed by atoms with Gasteiger partial charge < -0.3 is 37.2 Å². The molecule has 1 aliphatic rings. The van der Waals surface area contributed by atoms with E-state index in [4.69, 9.17) is 10.8 Å². The smallest absolute Gasteiger partial charge is 0.322 e. The number of carbonyl (C=O) groups is 4. The molecule has 154 valence electrons. The molecule has 0 spiro atoms. The summed E-state index contributed by atoms with van der Waals surface area (Å²) in [5.74, 6) is -2.97. The first-order valence-corrected chi connectivity index (χ1v) is 9.03. The molecule has 0 bridgehead atoms. The molecular formula is C16H29N5O6. The third-order valence-corrected chi connectivity index (χ3v) is 4.19. The van der Waals surface area contributed by atoms with Crippen LogP contribution in [0.1, 0.15) is 32.1 Å². The van der Waals surface area contributed by atoms with Gasteiger partial charge in [0.25, 0.3) is 0 Å². The Kier molecular flexibility index (Phi) is 10.3. The number of rotatable bonds is 12. The number of hydrogen-bond donors (Lipinski definition) is 7. The summed E-state index contributed by atoms with van der Waals surface area (Å²) in [6.45, 7) is -0.0751. The fraction of sp³-hybridized carbons (Fsp3) is 0.750. The number of aliphatic hydroxyl groups excluding tert-OH is 1. The highest BCUT2D eigenvalue weighted by molar-refractivity contribution is 5.93. The summed E-state index contributed by atoms with van der Waals surface area (Å²) in [6.07, 6.45) is 2.92. The SMILES string of the molecule is NCCCCC(NC(=O)C(CO)NC(=O)C1CCCN1)C(=O)NCC(=O)O. The quantitative estimate of drug-likeness (QED) is 0.173. The summed E-state index contributed by atoms with van der Waals surface area (Å²) in [4.78, 5) is 47.2. The second-order valence-corrected chi connectivity index (χ2v) is 6.35. The largest absolute Gasteiger partial charge is 0.480 e. The van der Waals surface area contributed by atoms with Gasteiger partial charge >= 0.3 is 5.97 Å². The molecule has 11 heteroatoms. The van der Waals surface area contributed by atoms with E-state index < -0.39 is 55.0 Å². The van der Waals surface area contributed by atoms with E-state index in [1.165, 1.54) is 0 Å². The Labute approximate surface area is 157 Å². The highest BCUT2D eigenvalue weighted by Gasteiger charge is 2.29. The molecule has 1 aliphatic heterocycles. The second kappa shape index (κ2) is 12.2. The lowest BCUT2D eigenvalue weighted by atomic mass is 10.1. The normalized spacial score (nSPS) is 18.4. The van der Waals surface area contributed by atoms with Gasteiger partial charge in [-0.15, -0.1) is 0 Å². The molecule has 0 saturated carbocycles. The average molecular weight is 387 g/mol. The zero-order valence-corrected chi connectivity index (χ0v) is 15.2. The molecule has 11 nitrogen and oxygen atoms in total. The minimum absolute atomic E-state index is 0.255. The van der Waals surface area contributed by atoms with E-state index in [-0.39, 0.29) is 6.42 Å². The van der Waals surface area contributed by atoms with Gasteiger partial charge in [0, 0.05) is 0 Å². The van der Waals surface area contributed by atoms with Gasteiger partial charge in [0.1, 0.15) is 18.6 Å². The third kappa shape index (κ3) is 8.33. The lowest BCUT2D eigenvalue weighted by Gasteiger charge is -2.23. The van der Waals surface area contributed by atoms with Gasteiger partial charge in [-0.2, -0.15) is 0 Å². The highest BCUT2D eigenvalue weighted by Crippen LogP contribution is 2.06. The molecule has 3 amide bonds. The summed E-state index contributed by atoms with van der Waals surface area (Å²) in [5, 5.41) is 28.2. The summed E-state index contributed by atoms with van der Waals surface area (Å²) >= 11 is 0. The van der Waals surface area contributed by atoms with Crippen molar-refractivity contribution in [2.45, 2.75) is 50.2 Å². The number of nitrogens with two attached hydrogens (primary N) is 1. The van der Waals surface area contributed by atoms with Crippen molar-refractivity contribution in [3.63, 3.8) is 0 Å². The Morgan fingerprint density at radius 3 is 2.41 bits per heavy atom. The Morgan fingerprint density at radius 1 is 1.11 bits per heavy atom. The van der Waals surface area contributed by atoms with Crippen LogP contribution in [-0.4, -0.2) is 78.3 Å². The van der Waals surface area contributed by atoms with E-state index in [0.29, 0.717) is 32.4 Å². The Hall–Kier alpha value is -2.24. The monoisotopic (exact) mass is 387 g/mol. The third-order valence-electron chi connectivity index (χ3n) is 4.19. The number of carboxylic acids is 1. The van der Waals surface area contributed by atoms with Crippen LogP contribution in [-0.2, 0) is 19.2 Å². The van der Waals surface area contributed by atoms with Crippen LogP contribution in [0, 0.1) is 0 Å². The maximum absolute atomic E-state index is 12.4. The van der Waals surface area contributed by atoms with Gasteiger partial charge in [0.15, 0.2) is 0 Å². The van der Waals surface area contributed by atoms with Crippen LogP contribution in [0.2, 0.25) is 0 Å². The lowest BCUT2D eigenvalue weighted by Crippen LogP contribution is -2.57.